The maximum absolute atomic E-state index is 11.0. The predicted molar refractivity (Wildman–Crippen MR) is 108 cm³/mol. The van der Waals surface area contributed by atoms with Crippen molar-refractivity contribution in [2.45, 2.75) is 20.3 Å². The standard InChI is InChI=1S/C18H27N5O3S/c1-3-14-13(2)15-16(22(8-10-24)9-11-25)19-18(20-17(15)27-14)23-6-4-21(12-26)5-7-23/h12,24-25H,3-11H2,1-2H3. The van der Waals surface area contributed by atoms with Gasteiger partial charge in [0.25, 0.3) is 0 Å². The number of aromatic nitrogens is 2. The number of piperazine rings is 1. The van der Waals surface area contributed by atoms with Crippen molar-refractivity contribution in [2.75, 3.05) is 62.3 Å². The van der Waals surface area contributed by atoms with Crippen LogP contribution in [0.2, 0.25) is 0 Å². The van der Waals surface area contributed by atoms with Crippen molar-refractivity contribution in [3.63, 3.8) is 0 Å². The van der Waals surface area contributed by atoms with Gasteiger partial charge in [0.1, 0.15) is 10.6 Å². The number of hydrogen-bond acceptors (Lipinski definition) is 8. The molecule has 8 nitrogen and oxygen atoms in total. The second-order valence-electron chi connectivity index (χ2n) is 6.59. The molecule has 2 N–H and O–H groups in total. The number of hydrogen-bond donors (Lipinski definition) is 2. The molecule has 1 aliphatic heterocycles. The van der Waals surface area contributed by atoms with E-state index in [0.717, 1.165) is 28.9 Å². The lowest BCUT2D eigenvalue weighted by molar-refractivity contribution is -0.118. The lowest BCUT2D eigenvalue weighted by atomic mass is 10.1. The summed E-state index contributed by atoms with van der Waals surface area (Å²) >= 11 is 1.68. The van der Waals surface area contributed by atoms with E-state index < -0.39 is 0 Å². The van der Waals surface area contributed by atoms with Crippen molar-refractivity contribution in [1.82, 2.24) is 14.9 Å². The molecule has 0 saturated carbocycles. The van der Waals surface area contributed by atoms with E-state index in [1.54, 1.807) is 16.2 Å². The van der Waals surface area contributed by atoms with E-state index in [2.05, 4.69) is 18.7 Å². The maximum Gasteiger partial charge on any atom is 0.228 e. The van der Waals surface area contributed by atoms with Gasteiger partial charge >= 0.3 is 0 Å². The van der Waals surface area contributed by atoms with Gasteiger partial charge < -0.3 is 24.9 Å². The second-order valence-corrected chi connectivity index (χ2v) is 7.68. The molecule has 0 unspecified atom stereocenters. The highest BCUT2D eigenvalue weighted by molar-refractivity contribution is 7.19. The highest BCUT2D eigenvalue weighted by atomic mass is 32.1. The first-order valence-electron chi connectivity index (χ1n) is 9.33. The van der Waals surface area contributed by atoms with Crippen LogP contribution in [0, 0.1) is 6.92 Å². The van der Waals surface area contributed by atoms with Crippen LogP contribution in [0.4, 0.5) is 11.8 Å². The number of rotatable bonds is 8. The molecule has 2 aromatic rings. The van der Waals surface area contributed by atoms with E-state index in [0.29, 0.717) is 45.2 Å². The largest absolute Gasteiger partial charge is 0.395 e. The first kappa shape index (κ1) is 19.8. The monoisotopic (exact) mass is 393 g/mol. The highest BCUT2D eigenvalue weighted by Crippen LogP contribution is 2.37. The van der Waals surface area contributed by atoms with E-state index in [4.69, 9.17) is 9.97 Å². The summed E-state index contributed by atoms with van der Waals surface area (Å²) in [5.74, 6) is 1.41. The van der Waals surface area contributed by atoms with Crippen molar-refractivity contribution in [3.05, 3.63) is 10.4 Å². The van der Waals surface area contributed by atoms with Gasteiger partial charge in [-0.15, -0.1) is 11.3 Å². The number of aliphatic hydroxyl groups is 2. The third kappa shape index (κ3) is 3.99. The van der Waals surface area contributed by atoms with E-state index in [1.807, 2.05) is 4.90 Å². The number of thiophene rings is 1. The van der Waals surface area contributed by atoms with Crippen LogP contribution in [0.3, 0.4) is 0 Å². The highest BCUT2D eigenvalue weighted by Gasteiger charge is 2.24. The van der Waals surface area contributed by atoms with Crippen LogP contribution in [0.15, 0.2) is 0 Å². The van der Waals surface area contributed by atoms with Crippen LogP contribution in [0.25, 0.3) is 10.2 Å². The van der Waals surface area contributed by atoms with Gasteiger partial charge in [-0.25, -0.2) is 4.98 Å². The SMILES string of the molecule is CCc1sc2nc(N3CCN(C=O)CC3)nc(N(CCO)CCO)c2c1C. The van der Waals surface area contributed by atoms with E-state index in [9.17, 15) is 15.0 Å². The molecule has 3 heterocycles. The Kier molecular flexibility index (Phi) is 6.46. The Labute approximate surface area is 163 Å². The third-order valence-electron chi connectivity index (χ3n) is 4.96. The number of fused-ring (bicyclic) bond motifs is 1. The van der Waals surface area contributed by atoms with Gasteiger partial charge in [0.15, 0.2) is 0 Å². The molecule has 1 aliphatic rings. The minimum absolute atomic E-state index is 0.0113. The summed E-state index contributed by atoms with van der Waals surface area (Å²) in [5, 5.41) is 20.0. The summed E-state index contributed by atoms with van der Waals surface area (Å²) in [4.78, 5) is 28.6. The summed E-state index contributed by atoms with van der Waals surface area (Å²) in [6.07, 6.45) is 1.81. The Bertz CT molecular complexity index is 783. The topological polar surface area (TPSA) is 93.0 Å². The number of amides is 1. The van der Waals surface area contributed by atoms with Gasteiger partial charge in [0, 0.05) is 44.1 Å². The molecule has 1 fully saturated rings. The number of anilines is 2. The molecular weight excluding hydrogens is 366 g/mol. The average Bonchev–Trinajstić information content (AvgIpc) is 3.03. The first-order chi connectivity index (χ1) is 13.1. The molecule has 27 heavy (non-hydrogen) atoms. The molecule has 9 heteroatoms. The lowest BCUT2D eigenvalue weighted by Gasteiger charge is -2.33. The third-order valence-corrected chi connectivity index (χ3v) is 6.29. The fraction of sp³-hybridized carbons (Fsp3) is 0.611. The first-order valence-corrected chi connectivity index (χ1v) is 10.2. The second kappa shape index (κ2) is 8.81. The van der Waals surface area contributed by atoms with Crippen molar-refractivity contribution >= 4 is 39.7 Å². The summed E-state index contributed by atoms with van der Waals surface area (Å²) in [7, 11) is 0. The molecule has 0 aliphatic carbocycles. The molecule has 2 aromatic heterocycles. The fourth-order valence-corrected chi connectivity index (χ4v) is 4.56. The van der Waals surface area contributed by atoms with Crippen LogP contribution in [-0.2, 0) is 11.2 Å². The summed E-state index contributed by atoms with van der Waals surface area (Å²) < 4.78 is 0. The zero-order valence-corrected chi connectivity index (χ0v) is 16.7. The molecule has 148 valence electrons. The van der Waals surface area contributed by atoms with Crippen LogP contribution in [0.5, 0.6) is 0 Å². The Morgan fingerprint density at radius 1 is 1.15 bits per heavy atom. The lowest BCUT2D eigenvalue weighted by Crippen LogP contribution is -2.46. The quantitative estimate of drug-likeness (QED) is 0.636. The number of aryl methyl sites for hydroxylation is 2. The van der Waals surface area contributed by atoms with Gasteiger partial charge in [-0.1, -0.05) is 6.92 Å². The molecular formula is C18H27N5O3S. The minimum atomic E-state index is -0.0113. The van der Waals surface area contributed by atoms with Gasteiger partial charge in [-0.05, 0) is 18.9 Å². The Morgan fingerprint density at radius 3 is 2.37 bits per heavy atom. The predicted octanol–water partition coefficient (Wildman–Crippen LogP) is 0.632. The zero-order chi connectivity index (χ0) is 19.4. The minimum Gasteiger partial charge on any atom is -0.395 e. The summed E-state index contributed by atoms with van der Waals surface area (Å²) in [5.41, 5.74) is 1.17. The Morgan fingerprint density at radius 2 is 1.81 bits per heavy atom. The van der Waals surface area contributed by atoms with Crippen molar-refractivity contribution < 1.29 is 15.0 Å². The van der Waals surface area contributed by atoms with E-state index in [1.165, 1.54) is 10.4 Å². The number of aliphatic hydroxyl groups excluding tert-OH is 2. The summed E-state index contributed by atoms with van der Waals surface area (Å²) in [6, 6.07) is 0. The van der Waals surface area contributed by atoms with Crippen LogP contribution in [-0.4, -0.2) is 84.0 Å². The van der Waals surface area contributed by atoms with Crippen molar-refractivity contribution in [3.8, 4) is 0 Å². The molecule has 0 atom stereocenters. The number of carbonyl (C=O) groups is 1. The molecule has 0 spiro atoms. The van der Waals surface area contributed by atoms with Crippen molar-refractivity contribution in [2.24, 2.45) is 0 Å². The van der Waals surface area contributed by atoms with E-state index in [-0.39, 0.29) is 13.2 Å². The number of nitrogens with zero attached hydrogens (tertiary/aromatic N) is 5. The van der Waals surface area contributed by atoms with Gasteiger partial charge in [0.05, 0.1) is 18.6 Å². The fourth-order valence-electron chi connectivity index (χ4n) is 3.45. The maximum atomic E-state index is 11.0. The zero-order valence-electron chi connectivity index (χ0n) is 15.9. The Hall–Kier alpha value is -1.97. The normalized spacial score (nSPS) is 14.8. The average molecular weight is 394 g/mol. The van der Waals surface area contributed by atoms with Gasteiger partial charge in [-0.3, -0.25) is 4.79 Å². The van der Waals surface area contributed by atoms with Crippen LogP contribution >= 0.6 is 11.3 Å². The van der Waals surface area contributed by atoms with E-state index >= 15 is 0 Å². The van der Waals surface area contributed by atoms with Gasteiger partial charge in [0.2, 0.25) is 12.4 Å². The summed E-state index contributed by atoms with van der Waals surface area (Å²) in [6.45, 7) is 7.69. The van der Waals surface area contributed by atoms with Crippen molar-refractivity contribution in [1.29, 1.82) is 0 Å². The molecule has 0 aromatic carbocycles. The number of carbonyl (C=O) groups excluding carboxylic acids is 1. The molecule has 0 bridgehead atoms. The smallest absolute Gasteiger partial charge is 0.228 e. The molecule has 1 amide bonds. The molecule has 3 rings (SSSR count). The Balaban J connectivity index is 2.06. The molecule has 0 radical (unpaired) electrons. The van der Waals surface area contributed by atoms with Crippen LogP contribution in [0.1, 0.15) is 17.4 Å². The molecule has 1 saturated heterocycles. The van der Waals surface area contributed by atoms with Crippen LogP contribution < -0.4 is 9.80 Å². The van der Waals surface area contributed by atoms with Gasteiger partial charge in [-0.2, -0.15) is 4.98 Å².